The van der Waals surface area contributed by atoms with Crippen LogP contribution in [0.5, 0.6) is 5.75 Å². The van der Waals surface area contributed by atoms with Crippen molar-refractivity contribution in [1.29, 1.82) is 0 Å². The lowest BCUT2D eigenvalue weighted by atomic mass is 10.2. The van der Waals surface area contributed by atoms with Gasteiger partial charge in [-0.3, -0.25) is 4.79 Å². The normalized spacial score (nSPS) is 12.2. The summed E-state index contributed by atoms with van der Waals surface area (Å²) in [7, 11) is 0. The predicted molar refractivity (Wildman–Crippen MR) is 71.2 cm³/mol. The highest BCUT2D eigenvalue weighted by Crippen LogP contribution is 2.12. The van der Waals surface area contributed by atoms with Crippen molar-refractivity contribution < 1.29 is 23.4 Å². The quantitative estimate of drug-likeness (QED) is 0.721. The number of nitrogens with one attached hydrogen (secondary N) is 1. The lowest BCUT2D eigenvalue weighted by molar-refractivity contribution is -0.00270. The summed E-state index contributed by atoms with van der Waals surface area (Å²) in [6, 6.07) is 6.39. The fourth-order valence-corrected chi connectivity index (χ4v) is 1.43. The summed E-state index contributed by atoms with van der Waals surface area (Å²) < 4.78 is 29.6. The molecule has 0 aliphatic heterocycles. The molecule has 1 aromatic rings. The molecule has 1 unspecified atom stereocenters. The second-order valence-electron chi connectivity index (χ2n) is 4.34. The van der Waals surface area contributed by atoms with Crippen molar-refractivity contribution in [3.05, 3.63) is 29.8 Å². The third-order valence-corrected chi connectivity index (χ3v) is 2.65. The first-order valence-corrected chi connectivity index (χ1v) is 6.52. The van der Waals surface area contributed by atoms with Gasteiger partial charge in [0, 0.05) is 12.1 Å². The van der Waals surface area contributed by atoms with Crippen LogP contribution in [0.15, 0.2) is 24.3 Å². The maximum Gasteiger partial charge on any atom is 0.265 e. The van der Waals surface area contributed by atoms with Crippen molar-refractivity contribution in [3.63, 3.8) is 0 Å². The van der Waals surface area contributed by atoms with Crippen LogP contribution in [-0.2, 0) is 0 Å². The molecule has 6 heteroatoms. The standard InChI is InChI=1S/C14H19F2NO3/c1-2-3-8-20-11-6-4-10(5-7-11)14(19)17-9-12(18)13(15)16/h4-7,12-13,18H,2-3,8-9H2,1H3,(H,17,19). The third kappa shape index (κ3) is 5.52. The molecule has 1 aromatic carbocycles. The van der Waals surface area contributed by atoms with E-state index in [-0.39, 0.29) is 0 Å². The Morgan fingerprint density at radius 1 is 1.35 bits per heavy atom. The zero-order chi connectivity index (χ0) is 15.0. The van der Waals surface area contributed by atoms with Crippen LogP contribution in [0, 0.1) is 0 Å². The number of carbonyl (C=O) groups excluding carboxylic acids is 1. The van der Waals surface area contributed by atoms with Crippen molar-refractivity contribution >= 4 is 5.91 Å². The molecule has 0 aromatic heterocycles. The average molecular weight is 287 g/mol. The first kappa shape index (κ1) is 16.4. The Hall–Kier alpha value is -1.69. The number of amides is 1. The van der Waals surface area contributed by atoms with Gasteiger partial charge in [0.05, 0.1) is 6.61 Å². The van der Waals surface area contributed by atoms with Crippen LogP contribution in [0.1, 0.15) is 30.1 Å². The van der Waals surface area contributed by atoms with Crippen molar-refractivity contribution in [2.45, 2.75) is 32.3 Å². The number of unbranched alkanes of at least 4 members (excludes halogenated alkanes) is 1. The van der Waals surface area contributed by atoms with E-state index in [1.807, 2.05) is 0 Å². The monoisotopic (exact) mass is 287 g/mol. The average Bonchev–Trinajstić information content (AvgIpc) is 2.45. The Bertz CT molecular complexity index is 409. The van der Waals surface area contributed by atoms with E-state index in [4.69, 9.17) is 9.84 Å². The summed E-state index contributed by atoms with van der Waals surface area (Å²) in [6.07, 6.45) is -2.74. The fraction of sp³-hybridized carbons (Fsp3) is 0.500. The summed E-state index contributed by atoms with van der Waals surface area (Å²) in [5, 5.41) is 11.1. The number of aliphatic hydroxyl groups is 1. The van der Waals surface area contributed by atoms with Crippen LogP contribution < -0.4 is 10.1 Å². The van der Waals surface area contributed by atoms with Crippen molar-refractivity contribution in [2.24, 2.45) is 0 Å². The molecule has 20 heavy (non-hydrogen) atoms. The molecule has 4 nitrogen and oxygen atoms in total. The van der Waals surface area contributed by atoms with Gasteiger partial charge in [0.25, 0.3) is 12.3 Å². The fourth-order valence-electron chi connectivity index (χ4n) is 1.43. The number of hydrogen-bond donors (Lipinski definition) is 2. The molecular weight excluding hydrogens is 268 g/mol. The van der Waals surface area contributed by atoms with Gasteiger partial charge in [-0.2, -0.15) is 0 Å². The summed E-state index contributed by atoms with van der Waals surface area (Å²) in [5.41, 5.74) is 0.328. The second-order valence-corrected chi connectivity index (χ2v) is 4.34. The van der Waals surface area contributed by atoms with Gasteiger partial charge >= 0.3 is 0 Å². The number of rotatable bonds is 8. The molecular formula is C14H19F2NO3. The number of benzene rings is 1. The molecule has 0 spiro atoms. The van der Waals surface area contributed by atoms with Gasteiger partial charge in [0.15, 0.2) is 0 Å². The lowest BCUT2D eigenvalue weighted by Crippen LogP contribution is -2.35. The number of carbonyl (C=O) groups is 1. The molecule has 0 bridgehead atoms. The Morgan fingerprint density at radius 2 is 2.00 bits per heavy atom. The Morgan fingerprint density at radius 3 is 2.55 bits per heavy atom. The summed E-state index contributed by atoms with van der Waals surface area (Å²) in [5.74, 6) is 0.146. The van der Waals surface area contributed by atoms with E-state index in [0.29, 0.717) is 17.9 Å². The molecule has 1 rings (SSSR count). The number of aliphatic hydroxyl groups excluding tert-OH is 1. The minimum Gasteiger partial charge on any atom is -0.494 e. The van der Waals surface area contributed by atoms with Gasteiger partial charge in [0.1, 0.15) is 11.9 Å². The molecule has 0 aliphatic rings. The zero-order valence-electron chi connectivity index (χ0n) is 11.3. The van der Waals surface area contributed by atoms with E-state index in [1.54, 1.807) is 24.3 Å². The van der Waals surface area contributed by atoms with Gasteiger partial charge < -0.3 is 15.2 Å². The highest BCUT2D eigenvalue weighted by atomic mass is 19.3. The van der Waals surface area contributed by atoms with Crippen LogP contribution in [0.3, 0.4) is 0 Å². The predicted octanol–water partition coefficient (Wildman–Crippen LogP) is 2.22. The first-order valence-electron chi connectivity index (χ1n) is 6.52. The molecule has 0 saturated carbocycles. The molecule has 2 N–H and O–H groups in total. The summed E-state index contributed by atoms with van der Waals surface area (Å²) in [4.78, 5) is 11.6. The lowest BCUT2D eigenvalue weighted by Gasteiger charge is -2.11. The maximum atomic E-state index is 12.1. The topological polar surface area (TPSA) is 58.6 Å². The van der Waals surface area contributed by atoms with E-state index < -0.39 is 25.0 Å². The van der Waals surface area contributed by atoms with Crippen LogP contribution in [-0.4, -0.2) is 36.7 Å². The smallest absolute Gasteiger partial charge is 0.265 e. The highest BCUT2D eigenvalue weighted by molar-refractivity contribution is 5.94. The minimum absolute atomic E-state index is 0.328. The van der Waals surface area contributed by atoms with E-state index in [2.05, 4.69) is 12.2 Å². The highest BCUT2D eigenvalue weighted by Gasteiger charge is 2.17. The Kier molecular flexibility index (Phi) is 6.93. The van der Waals surface area contributed by atoms with Gasteiger partial charge in [-0.15, -0.1) is 0 Å². The molecule has 0 heterocycles. The van der Waals surface area contributed by atoms with Crippen LogP contribution in [0.4, 0.5) is 8.78 Å². The Balaban J connectivity index is 2.45. The number of ether oxygens (including phenoxy) is 1. The molecule has 0 radical (unpaired) electrons. The van der Waals surface area contributed by atoms with Crippen molar-refractivity contribution in [3.8, 4) is 5.75 Å². The van der Waals surface area contributed by atoms with Gasteiger partial charge in [-0.25, -0.2) is 8.78 Å². The van der Waals surface area contributed by atoms with E-state index >= 15 is 0 Å². The molecule has 1 atom stereocenters. The van der Waals surface area contributed by atoms with Crippen LogP contribution >= 0.6 is 0 Å². The summed E-state index contributed by atoms with van der Waals surface area (Å²) >= 11 is 0. The van der Waals surface area contributed by atoms with Crippen LogP contribution in [0.2, 0.25) is 0 Å². The minimum atomic E-state index is -2.87. The maximum absolute atomic E-state index is 12.1. The van der Waals surface area contributed by atoms with Gasteiger partial charge in [-0.05, 0) is 30.7 Å². The number of alkyl halides is 2. The van der Waals surface area contributed by atoms with Crippen molar-refractivity contribution in [2.75, 3.05) is 13.2 Å². The zero-order valence-corrected chi connectivity index (χ0v) is 11.3. The largest absolute Gasteiger partial charge is 0.494 e. The Labute approximate surface area is 116 Å². The first-order chi connectivity index (χ1) is 9.54. The van der Waals surface area contributed by atoms with E-state index in [9.17, 15) is 13.6 Å². The van der Waals surface area contributed by atoms with E-state index in [0.717, 1.165) is 12.8 Å². The molecule has 112 valence electrons. The van der Waals surface area contributed by atoms with Crippen LogP contribution in [0.25, 0.3) is 0 Å². The molecule has 0 fully saturated rings. The number of hydrogen-bond acceptors (Lipinski definition) is 3. The van der Waals surface area contributed by atoms with Gasteiger partial charge in [0.2, 0.25) is 0 Å². The summed E-state index contributed by atoms with van der Waals surface area (Å²) in [6.45, 7) is 2.19. The van der Waals surface area contributed by atoms with E-state index in [1.165, 1.54) is 0 Å². The van der Waals surface area contributed by atoms with Gasteiger partial charge in [-0.1, -0.05) is 13.3 Å². The second kappa shape index (κ2) is 8.47. The SMILES string of the molecule is CCCCOc1ccc(C(=O)NCC(O)C(F)F)cc1. The molecule has 0 saturated heterocycles. The number of halogens is 2. The molecule has 0 aliphatic carbocycles. The van der Waals surface area contributed by atoms with Crippen molar-refractivity contribution in [1.82, 2.24) is 5.32 Å². The third-order valence-electron chi connectivity index (χ3n) is 2.65. The molecule has 1 amide bonds.